The van der Waals surface area contributed by atoms with E-state index in [9.17, 15) is 10.1 Å². The van der Waals surface area contributed by atoms with Crippen LogP contribution in [0.25, 0.3) is 10.8 Å². The Morgan fingerprint density at radius 3 is 2.06 bits per heavy atom. The lowest BCUT2D eigenvalue weighted by atomic mass is 10.1. The van der Waals surface area contributed by atoms with Gasteiger partial charge in [0.1, 0.15) is 12.1 Å². The van der Waals surface area contributed by atoms with Gasteiger partial charge in [-0.05, 0) is 35.7 Å². The highest BCUT2D eigenvalue weighted by Gasteiger charge is 2.27. The third kappa shape index (κ3) is 4.20. The maximum Gasteiger partial charge on any atom is 0.374 e. The molecule has 1 aromatic heterocycles. The summed E-state index contributed by atoms with van der Waals surface area (Å²) in [6, 6.07) is 32.1. The molecule has 5 rings (SSSR count). The predicted octanol–water partition coefficient (Wildman–Crippen LogP) is 6.50. The molecule has 0 saturated heterocycles. The van der Waals surface area contributed by atoms with Gasteiger partial charge in [0.2, 0.25) is 5.82 Å². The number of nitro groups is 1. The van der Waals surface area contributed by atoms with Gasteiger partial charge in [0, 0.05) is 5.39 Å². The smallest absolute Gasteiger partial charge is 0.374 e. The molecule has 166 valence electrons. The van der Waals surface area contributed by atoms with Crippen molar-refractivity contribution in [2.75, 3.05) is 10.4 Å². The number of ether oxygens (including phenoxy) is 1. The molecule has 0 aliphatic heterocycles. The summed E-state index contributed by atoms with van der Waals surface area (Å²) < 4.78 is 5.97. The van der Waals surface area contributed by atoms with E-state index in [1.807, 2.05) is 97.1 Å². The van der Waals surface area contributed by atoms with Crippen LogP contribution in [0.4, 0.5) is 22.9 Å². The molecule has 0 fully saturated rings. The minimum absolute atomic E-state index is 0.00272. The Labute approximate surface area is 195 Å². The van der Waals surface area contributed by atoms with Crippen molar-refractivity contribution in [1.82, 2.24) is 9.97 Å². The second-order valence-corrected chi connectivity index (χ2v) is 7.33. The molecular formula is C26H19N5O3. The summed E-state index contributed by atoms with van der Waals surface area (Å²) in [5, 5.41) is 15.6. The number of aromatic nitrogens is 2. The molecule has 0 amide bonds. The molecule has 8 heteroatoms. The lowest BCUT2D eigenvalue weighted by molar-refractivity contribution is -0.385. The highest BCUT2D eigenvalue weighted by atomic mass is 16.6. The SMILES string of the molecule is O=[N+]([O-])c1c(NN(c2ccccc2)c2ccccc2)ncnc1Oc1cccc2ccccc12. The van der Waals surface area contributed by atoms with Gasteiger partial charge in [0.05, 0.1) is 16.3 Å². The van der Waals surface area contributed by atoms with Crippen LogP contribution in [0.3, 0.4) is 0 Å². The molecule has 0 unspecified atom stereocenters. The van der Waals surface area contributed by atoms with Gasteiger partial charge in [-0.25, -0.2) is 4.98 Å². The van der Waals surface area contributed by atoms with Crippen LogP contribution in [0.15, 0.2) is 109 Å². The fourth-order valence-electron chi connectivity index (χ4n) is 3.61. The molecule has 0 spiro atoms. The molecule has 0 bridgehead atoms. The van der Waals surface area contributed by atoms with E-state index in [2.05, 4.69) is 15.4 Å². The van der Waals surface area contributed by atoms with Crippen LogP contribution in [0.2, 0.25) is 0 Å². The van der Waals surface area contributed by atoms with E-state index in [1.54, 1.807) is 11.1 Å². The topological polar surface area (TPSA) is 93.4 Å². The van der Waals surface area contributed by atoms with Crippen molar-refractivity contribution in [3.05, 3.63) is 120 Å². The normalized spacial score (nSPS) is 10.6. The summed E-state index contributed by atoms with van der Waals surface area (Å²) in [5.41, 5.74) is 4.27. The third-order valence-corrected chi connectivity index (χ3v) is 5.17. The Hall–Kier alpha value is -4.98. The zero-order valence-electron chi connectivity index (χ0n) is 17.9. The quantitative estimate of drug-likeness (QED) is 0.224. The second kappa shape index (κ2) is 9.25. The van der Waals surface area contributed by atoms with E-state index < -0.39 is 4.92 Å². The van der Waals surface area contributed by atoms with Crippen molar-refractivity contribution in [1.29, 1.82) is 0 Å². The molecule has 8 nitrogen and oxygen atoms in total. The fraction of sp³-hybridized carbons (Fsp3) is 0. The lowest BCUT2D eigenvalue weighted by Crippen LogP contribution is -2.25. The van der Waals surface area contributed by atoms with Crippen molar-refractivity contribution in [2.45, 2.75) is 0 Å². The number of benzene rings is 4. The van der Waals surface area contributed by atoms with Gasteiger partial charge in [0.25, 0.3) is 0 Å². The molecule has 0 radical (unpaired) electrons. The molecule has 0 aliphatic rings. The highest BCUT2D eigenvalue weighted by molar-refractivity contribution is 5.88. The van der Waals surface area contributed by atoms with Crippen LogP contribution in [-0.4, -0.2) is 14.9 Å². The number of nitrogens with one attached hydrogen (secondary N) is 1. The summed E-state index contributed by atoms with van der Waals surface area (Å²) in [6.45, 7) is 0. The van der Waals surface area contributed by atoms with Gasteiger partial charge < -0.3 is 4.74 Å². The molecule has 4 aromatic carbocycles. The molecule has 0 saturated carbocycles. The van der Waals surface area contributed by atoms with E-state index in [0.29, 0.717) is 5.75 Å². The van der Waals surface area contributed by atoms with E-state index >= 15 is 0 Å². The van der Waals surface area contributed by atoms with Crippen molar-refractivity contribution < 1.29 is 9.66 Å². The van der Waals surface area contributed by atoms with Crippen molar-refractivity contribution >= 4 is 33.7 Å². The number of hydrogen-bond donors (Lipinski definition) is 1. The van der Waals surface area contributed by atoms with Crippen LogP contribution in [0, 0.1) is 10.1 Å². The van der Waals surface area contributed by atoms with Gasteiger partial charge in [-0.3, -0.25) is 20.5 Å². The van der Waals surface area contributed by atoms with Crippen LogP contribution >= 0.6 is 0 Å². The van der Waals surface area contributed by atoms with Crippen LogP contribution in [-0.2, 0) is 0 Å². The number of hydrazine groups is 1. The number of para-hydroxylation sites is 2. The van der Waals surface area contributed by atoms with Crippen LogP contribution in [0.1, 0.15) is 0 Å². The molecule has 1 heterocycles. The Kier molecular flexibility index (Phi) is 5.69. The Morgan fingerprint density at radius 1 is 0.765 bits per heavy atom. The summed E-state index contributed by atoms with van der Waals surface area (Å²) in [6.07, 6.45) is 1.24. The second-order valence-electron chi connectivity index (χ2n) is 7.33. The average molecular weight is 449 g/mol. The van der Waals surface area contributed by atoms with E-state index in [4.69, 9.17) is 4.74 Å². The van der Waals surface area contributed by atoms with Crippen LogP contribution in [0.5, 0.6) is 11.6 Å². The first-order valence-electron chi connectivity index (χ1n) is 10.5. The van der Waals surface area contributed by atoms with Gasteiger partial charge >= 0.3 is 11.6 Å². The largest absolute Gasteiger partial charge is 0.433 e. The lowest BCUT2D eigenvalue weighted by Gasteiger charge is -2.25. The molecule has 34 heavy (non-hydrogen) atoms. The summed E-state index contributed by atoms with van der Waals surface area (Å²) in [4.78, 5) is 19.8. The minimum atomic E-state index is -0.545. The van der Waals surface area contributed by atoms with Gasteiger partial charge in [-0.1, -0.05) is 72.8 Å². The summed E-state index contributed by atoms with van der Waals surface area (Å²) in [7, 11) is 0. The van der Waals surface area contributed by atoms with Gasteiger partial charge in [-0.15, -0.1) is 0 Å². The van der Waals surface area contributed by atoms with Gasteiger partial charge in [0.15, 0.2) is 0 Å². The summed E-state index contributed by atoms with van der Waals surface area (Å²) >= 11 is 0. The first-order valence-corrected chi connectivity index (χ1v) is 10.5. The van der Waals surface area contributed by atoms with E-state index in [0.717, 1.165) is 22.1 Å². The molecule has 0 atom stereocenters. The van der Waals surface area contributed by atoms with E-state index in [1.165, 1.54) is 6.33 Å². The Bertz CT molecular complexity index is 1400. The standard InChI is InChI=1S/C26H19N5O3/c32-31(33)24-25(29-30(20-12-3-1-4-13-20)21-14-5-2-6-15-21)27-18-28-26(24)34-23-17-9-11-19-10-7-8-16-22(19)23/h1-18H,(H,27,28,29). The van der Waals surface area contributed by atoms with Crippen LogP contribution < -0.4 is 15.2 Å². The third-order valence-electron chi connectivity index (χ3n) is 5.17. The number of hydrogen-bond acceptors (Lipinski definition) is 7. The Morgan fingerprint density at radius 2 is 1.38 bits per heavy atom. The maximum absolute atomic E-state index is 12.1. The molecular weight excluding hydrogens is 430 g/mol. The first kappa shape index (κ1) is 20.9. The van der Waals surface area contributed by atoms with Gasteiger partial charge in [-0.2, -0.15) is 4.98 Å². The highest BCUT2D eigenvalue weighted by Crippen LogP contribution is 2.38. The zero-order valence-corrected chi connectivity index (χ0v) is 17.9. The summed E-state index contributed by atoms with van der Waals surface area (Å²) in [5.74, 6) is 0.316. The molecule has 0 aliphatic carbocycles. The molecule has 1 N–H and O–H groups in total. The van der Waals surface area contributed by atoms with E-state index in [-0.39, 0.29) is 17.4 Å². The number of fused-ring (bicyclic) bond motifs is 1. The number of rotatable bonds is 7. The average Bonchev–Trinajstić information content (AvgIpc) is 2.88. The molecule has 5 aromatic rings. The monoisotopic (exact) mass is 449 g/mol. The predicted molar refractivity (Wildman–Crippen MR) is 131 cm³/mol. The first-order chi connectivity index (χ1) is 16.7. The number of anilines is 3. The zero-order chi connectivity index (χ0) is 23.3. The van der Waals surface area contributed by atoms with Crippen molar-refractivity contribution in [2.24, 2.45) is 0 Å². The number of nitrogens with zero attached hydrogens (tertiary/aromatic N) is 4. The Balaban J connectivity index is 1.57. The van der Waals surface area contributed by atoms with Crippen molar-refractivity contribution in [3.8, 4) is 11.6 Å². The minimum Gasteiger partial charge on any atom is -0.433 e. The fourth-order valence-corrected chi connectivity index (χ4v) is 3.61. The van der Waals surface area contributed by atoms with Crippen molar-refractivity contribution in [3.63, 3.8) is 0 Å². The maximum atomic E-state index is 12.1.